The van der Waals surface area contributed by atoms with Gasteiger partial charge >= 0.3 is 0 Å². The molecule has 1 unspecified atom stereocenters. The Morgan fingerprint density at radius 2 is 2.06 bits per heavy atom. The van der Waals surface area contributed by atoms with E-state index in [0.29, 0.717) is 5.92 Å². The molecular weight excluding hydrogens is 208 g/mol. The van der Waals surface area contributed by atoms with Gasteiger partial charge in [0.25, 0.3) is 0 Å². The molecule has 2 nitrogen and oxygen atoms in total. The maximum absolute atomic E-state index is 5.53. The lowest BCUT2D eigenvalue weighted by Crippen LogP contribution is -2.25. The minimum absolute atomic E-state index is 0.679. The Kier molecular flexibility index (Phi) is 6.23. The lowest BCUT2D eigenvalue weighted by Gasteiger charge is -2.12. The van der Waals surface area contributed by atoms with Crippen LogP contribution in [-0.2, 0) is 6.42 Å². The smallest absolute Gasteiger partial charge is 0.000814 e. The number of benzene rings is 1. The van der Waals surface area contributed by atoms with E-state index in [-0.39, 0.29) is 0 Å². The summed E-state index contributed by atoms with van der Waals surface area (Å²) in [6.07, 6.45) is 2.22. The van der Waals surface area contributed by atoms with E-state index in [1.165, 1.54) is 16.7 Å². The summed E-state index contributed by atoms with van der Waals surface area (Å²) < 4.78 is 0. The molecule has 0 fully saturated rings. The van der Waals surface area contributed by atoms with Crippen molar-refractivity contribution in [3.63, 3.8) is 0 Å². The summed E-state index contributed by atoms with van der Waals surface area (Å²) in [5.74, 6) is 0.679. The van der Waals surface area contributed by atoms with Crippen LogP contribution in [0.2, 0.25) is 0 Å². The standard InChI is InChI=1S/C15H26N2/c1-12-4-5-14(3)15(10-12)7-9-17-11-13(2)6-8-16/h4-5,10,13,17H,6-9,11,16H2,1-3H3. The first-order valence-electron chi connectivity index (χ1n) is 6.60. The Labute approximate surface area is 106 Å². The van der Waals surface area contributed by atoms with Crippen LogP contribution in [0.3, 0.4) is 0 Å². The first kappa shape index (κ1) is 14.2. The molecule has 17 heavy (non-hydrogen) atoms. The van der Waals surface area contributed by atoms with E-state index >= 15 is 0 Å². The monoisotopic (exact) mass is 234 g/mol. The Hall–Kier alpha value is -0.860. The first-order chi connectivity index (χ1) is 8.13. The fourth-order valence-corrected chi connectivity index (χ4v) is 2.03. The van der Waals surface area contributed by atoms with Gasteiger partial charge in [0, 0.05) is 0 Å². The van der Waals surface area contributed by atoms with Gasteiger partial charge in [-0.05, 0) is 63.4 Å². The van der Waals surface area contributed by atoms with Crippen molar-refractivity contribution >= 4 is 0 Å². The van der Waals surface area contributed by atoms with Crippen LogP contribution in [0.25, 0.3) is 0 Å². The van der Waals surface area contributed by atoms with E-state index < -0.39 is 0 Å². The molecule has 0 bridgehead atoms. The zero-order valence-electron chi connectivity index (χ0n) is 11.4. The van der Waals surface area contributed by atoms with Crippen molar-refractivity contribution in [1.82, 2.24) is 5.32 Å². The average Bonchev–Trinajstić information content (AvgIpc) is 2.29. The second-order valence-corrected chi connectivity index (χ2v) is 5.07. The molecule has 1 aromatic carbocycles. The normalized spacial score (nSPS) is 12.7. The molecule has 0 aliphatic heterocycles. The van der Waals surface area contributed by atoms with Gasteiger partial charge < -0.3 is 11.1 Å². The molecule has 0 spiro atoms. The van der Waals surface area contributed by atoms with Crippen molar-refractivity contribution in [3.8, 4) is 0 Å². The third kappa shape index (κ3) is 5.33. The molecule has 0 aromatic heterocycles. The number of rotatable bonds is 7. The summed E-state index contributed by atoms with van der Waals surface area (Å²) in [5, 5.41) is 3.51. The summed E-state index contributed by atoms with van der Waals surface area (Å²) in [4.78, 5) is 0. The van der Waals surface area contributed by atoms with Crippen LogP contribution >= 0.6 is 0 Å². The Bertz CT molecular complexity index is 334. The van der Waals surface area contributed by atoms with Crippen LogP contribution in [0.4, 0.5) is 0 Å². The van der Waals surface area contributed by atoms with Gasteiger partial charge in [-0.2, -0.15) is 0 Å². The average molecular weight is 234 g/mol. The highest BCUT2D eigenvalue weighted by Gasteiger charge is 2.01. The van der Waals surface area contributed by atoms with E-state index in [2.05, 4.69) is 44.3 Å². The van der Waals surface area contributed by atoms with Gasteiger partial charge in [-0.25, -0.2) is 0 Å². The quantitative estimate of drug-likeness (QED) is 0.711. The fraction of sp³-hybridized carbons (Fsp3) is 0.600. The largest absolute Gasteiger partial charge is 0.330 e. The third-order valence-corrected chi connectivity index (χ3v) is 3.23. The second-order valence-electron chi connectivity index (χ2n) is 5.07. The maximum atomic E-state index is 5.53. The van der Waals surface area contributed by atoms with Crippen LogP contribution in [0.5, 0.6) is 0 Å². The molecule has 0 amide bonds. The topological polar surface area (TPSA) is 38.0 Å². The fourth-order valence-electron chi connectivity index (χ4n) is 2.03. The number of hydrogen-bond donors (Lipinski definition) is 2. The molecule has 0 aliphatic carbocycles. The number of nitrogens with two attached hydrogens (primary N) is 1. The van der Waals surface area contributed by atoms with Crippen LogP contribution in [0.1, 0.15) is 30.0 Å². The van der Waals surface area contributed by atoms with Crippen LogP contribution in [0, 0.1) is 19.8 Å². The molecule has 2 heteroatoms. The van der Waals surface area contributed by atoms with E-state index in [0.717, 1.165) is 32.5 Å². The summed E-state index contributed by atoms with van der Waals surface area (Å²) in [6, 6.07) is 6.68. The number of nitrogens with one attached hydrogen (secondary N) is 1. The predicted molar refractivity (Wildman–Crippen MR) is 75.3 cm³/mol. The third-order valence-electron chi connectivity index (χ3n) is 3.23. The molecule has 1 aromatic rings. The van der Waals surface area contributed by atoms with Crippen molar-refractivity contribution in [3.05, 3.63) is 34.9 Å². The number of hydrogen-bond acceptors (Lipinski definition) is 2. The molecule has 96 valence electrons. The Balaban J connectivity index is 2.28. The SMILES string of the molecule is Cc1ccc(C)c(CCNCC(C)CCN)c1. The predicted octanol–water partition coefficient (Wildman–Crippen LogP) is 2.42. The summed E-state index contributed by atoms with van der Waals surface area (Å²) in [7, 11) is 0. The van der Waals surface area contributed by atoms with E-state index in [4.69, 9.17) is 5.73 Å². The first-order valence-corrected chi connectivity index (χ1v) is 6.60. The van der Waals surface area contributed by atoms with Crippen molar-refractivity contribution in [2.24, 2.45) is 11.7 Å². The molecular formula is C15H26N2. The minimum atomic E-state index is 0.679. The highest BCUT2D eigenvalue weighted by atomic mass is 14.8. The van der Waals surface area contributed by atoms with Crippen molar-refractivity contribution in [1.29, 1.82) is 0 Å². The minimum Gasteiger partial charge on any atom is -0.330 e. The highest BCUT2D eigenvalue weighted by Crippen LogP contribution is 2.10. The summed E-state index contributed by atoms with van der Waals surface area (Å²) >= 11 is 0. The van der Waals surface area contributed by atoms with E-state index in [1.807, 2.05) is 0 Å². The molecule has 0 heterocycles. The Morgan fingerprint density at radius 1 is 1.29 bits per heavy atom. The van der Waals surface area contributed by atoms with E-state index in [1.54, 1.807) is 0 Å². The second kappa shape index (κ2) is 7.46. The van der Waals surface area contributed by atoms with Gasteiger partial charge in [-0.3, -0.25) is 0 Å². The molecule has 0 saturated carbocycles. The summed E-state index contributed by atoms with van der Waals surface area (Å²) in [5.41, 5.74) is 9.74. The van der Waals surface area contributed by atoms with Crippen LogP contribution < -0.4 is 11.1 Å². The lowest BCUT2D eigenvalue weighted by atomic mass is 10.0. The van der Waals surface area contributed by atoms with Crippen molar-refractivity contribution < 1.29 is 0 Å². The van der Waals surface area contributed by atoms with Gasteiger partial charge in [0.15, 0.2) is 0 Å². The van der Waals surface area contributed by atoms with E-state index in [9.17, 15) is 0 Å². The lowest BCUT2D eigenvalue weighted by molar-refractivity contribution is 0.489. The van der Waals surface area contributed by atoms with Gasteiger partial charge in [0.1, 0.15) is 0 Å². The van der Waals surface area contributed by atoms with Crippen LogP contribution in [-0.4, -0.2) is 19.6 Å². The van der Waals surface area contributed by atoms with Gasteiger partial charge in [-0.15, -0.1) is 0 Å². The molecule has 1 atom stereocenters. The molecule has 0 aliphatic rings. The van der Waals surface area contributed by atoms with Gasteiger partial charge in [-0.1, -0.05) is 30.7 Å². The molecule has 0 radical (unpaired) electrons. The molecule has 3 N–H and O–H groups in total. The maximum Gasteiger partial charge on any atom is -0.000814 e. The number of aryl methyl sites for hydroxylation is 2. The zero-order valence-corrected chi connectivity index (χ0v) is 11.4. The van der Waals surface area contributed by atoms with Crippen molar-refractivity contribution in [2.45, 2.75) is 33.6 Å². The van der Waals surface area contributed by atoms with Crippen LogP contribution in [0.15, 0.2) is 18.2 Å². The zero-order chi connectivity index (χ0) is 12.7. The van der Waals surface area contributed by atoms with Crippen molar-refractivity contribution in [2.75, 3.05) is 19.6 Å². The molecule has 1 rings (SSSR count). The Morgan fingerprint density at radius 3 is 2.76 bits per heavy atom. The van der Waals surface area contributed by atoms with Gasteiger partial charge in [0.2, 0.25) is 0 Å². The van der Waals surface area contributed by atoms with Gasteiger partial charge in [0.05, 0.1) is 0 Å². The molecule has 0 saturated heterocycles. The summed E-state index contributed by atoms with van der Waals surface area (Å²) in [6.45, 7) is 9.50. The highest BCUT2D eigenvalue weighted by molar-refractivity contribution is 5.30.